The first-order chi connectivity index (χ1) is 7.01. The van der Waals surface area contributed by atoms with Gasteiger partial charge in [0.05, 0.1) is 0 Å². The molecule has 1 unspecified atom stereocenters. The summed E-state index contributed by atoms with van der Waals surface area (Å²) in [4.78, 5) is 0. The van der Waals surface area contributed by atoms with E-state index >= 15 is 0 Å². The summed E-state index contributed by atoms with van der Waals surface area (Å²) in [5.74, 6) is 1.44. The fraction of sp³-hybridized carbons (Fsp3) is 0.538. The highest BCUT2D eigenvalue weighted by Gasteiger charge is 2.19. The van der Waals surface area contributed by atoms with Crippen LogP contribution in [0.4, 0.5) is 0 Å². The highest BCUT2D eigenvalue weighted by Crippen LogP contribution is 2.21. The molecule has 1 rings (SSSR count). The van der Waals surface area contributed by atoms with E-state index in [0.717, 1.165) is 12.3 Å². The highest BCUT2D eigenvalue weighted by molar-refractivity contribution is 6.76. The molecule has 0 saturated heterocycles. The van der Waals surface area contributed by atoms with E-state index in [9.17, 15) is 0 Å². The monoisotopic (exact) mass is 240 g/mol. The summed E-state index contributed by atoms with van der Waals surface area (Å²) in [6, 6.07) is 12.0. The molecular formula is C13H21ClSi. The van der Waals surface area contributed by atoms with Crippen LogP contribution in [-0.4, -0.2) is 14.0 Å². The maximum absolute atomic E-state index is 6.05. The zero-order valence-electron chi connectivity index (χ0n) is 9.96. The quantitative estimate of drug-likeness (QED) is 0.528. The fourth-order valence-electron chi connectivity index (χ4n) is 1.99. The summed E-state index contributed by atoms with van der Waals surface area (Å²) in [7, 11) is -0.980. The second-order valence-corrected chi connectivity index (χ2v) is 11.3. The molecule has 0 aromatic heterocycles. The van der Waals surface area contributed by atoms with E-state index in [2.05, 4.69) is 50.0 Å². The third-order valence-electron chi connectivity index (χ3n) is 2.49. The number of benzene rings is 1. The number of rotatable bonds is 5. The van der Waals surface area contributed by atoms with Gasteiger partial charge in [-0.25, -0.2) is 0 Å². The number of alkyl halides is 1. The summed E-state index contributed by atoms with van der Waals surface area (Å²) in [6.07, 6.45) is 1.13. The van der Waals surface area contributed by atoms with Crippen LogP contribution in [0, 0.1) is 5.92 Å². The highest BCUT2D eigenvalue weighted by atomic mass is 35.5. The van der Waals surface area contributed by atoms with Crippen LogP contribution in [0.5, 0.6) is 0 Å². The molecule has 0 amide bonds. The van der Waals surface area contributed by atoms with Crippen LogP contribution in [0.25, 0.3) is 0 Å². The Kier molecular flexibility index (Phi) is 4.87. The predicted molar refractivity (Wildman–Crippen MR) is 72.5 cm³/mol. The summed E-state index contributed by atoms with van der Waals surface area (Å²) in [5.41, 5.74) is 1.42. The van der Waals surface area contributed by atoms with E-state index < -0.39 is 8.07 Å². The minimum absolute atomic E-state index is 0.653. The molecule has 2 heteroatoms. The van der Waals surface area contributed by atoms with E-state index in [1.807, 2.05) is 0 Å². The largest absolute Gasteiger partial charge is 0.126 e. The molecule has 1 atom stereocenters. The Bertz CT molecular complexity index is 276. The predicted octanol–water partition coefficient (Wildman–Crippen LogP) is 4.42. The molecule has 0 spiro atoms. The van der Waals surface area contributed by atoms with Gasteiger partial charge in [-0.15, -0.1) is 11.6 Å². The first-order valence-corrected chi connectivity index (χ1v) is 9.85. The van der Waals surface area contributed by atoms with Gasteiger partial charge in [-0.1, -0.05) is 56.0 Å². The molecule has 0 nitrogen and oxygen atoms in total. The molecule has 15 heavy (non-hydrogen) atoms. The lowest BCUT2D eigenvalue weighted by molar-refractivity contribution is 0.643. The lowest BCUT2D eigenvalue weighted by Gasteiger charge is -2.22. The molecule has 0 aliphatic rings. The van der Waals surface area contributed by atoms with Gasteiger partial charge in [-0.2, -0.15) is 0 Å². The zero-order valence-corrected chi connectivity index (χ0v) is 11.7. The van der Waals surface area contributed by atoms with E-state index in [0.29, 0.717) is 5.92 Å². The summed E-state index contributed by atoms with van der Waals surface area (Å²) in [6.45, 7) is 7.24. The smallest absolute Gasteiger partial charge is 0.0445 e. The fourth-order valence-corrected chi connectivity index (χ4v) is 4.42. The van der Waals surface area contributed by atoms with Crippen molar-refractivity contribution < 1.29 is 0 Å². The van der Waals surface area contributed by atoms with Gasteiger partial charge < -0.3 is 0 Å². The van der Waals surface area contributed by atoms with Crippen molar-refractivity contribution in [3.8, 4) is 0 Å². The van der Waals surface area contributed by atoms with Crippen molar-refractivity contribution >= 4 is 19.7 Å². The lowest BCUT2D eigenvalue weighted by Crippen LogP contribution is -2.25. The SMILES string of the molecule is C[Si](C)(C)CC(CCl)Cc1ccccc1. The zero-order chi connectivity index (χ0) is 11.3. The normalized spacial score (nSPS) is 13.9. The van der Waals surface area contributed by atoms with Gasteiger partial charge >= 0.3 is 0 Å². The van der Waals surface area contributed by atoms with E-state index in [4.69, 9.17) is 11.6 Å². The van der Waals surface area contributed by atoms with Gasteiger partial charge in [-0.05, 0) is 17.9 Å². The summed E-state index contributed by atoms with van der Waals surface area (Å²) in [5, 5.41) is 0. The Morgan fingerprint density at radius 1 is 1.13 bits per heavy atom. The molecule has 0 saturated carbocycles. The van der Waals surface area contributed by atoms with Gasteiger partial charge in [0, 0.05) is 14.0 Å². The van der Waals surface area contributed by atoms with Gasteiger partial charge in [0.15, 0.2) is 0 Å². The molecule has 0 radical (unpaired) electrons. The number of halogens is 1. The maximum atomic E-state index is 6.05. The Balaban J connectivity index is 2.55. The molecular weight excluding hydrogens is 220 g/mol. The van der Waals surface area contributed by atoms with Crippen LogP contribution in [0.1, 0.15) is 5.56 Å². The molecule has 0 bridgehead atoms. The molecule has 1 aromatic rings. The van der Waals surface area contributed by atoms with Crippen LogP contribution in [0.15, 0.2) is 30.3 Å². The van der Waals surface area contributed by atoms with Crippen LogP contribution in [0.3, 0.4) is 0 Å². The second-order valence-electron chi connectivity index (χ2n) is 5.47. The van der Waals surface area contributed by atoms with Crippen molar-refractivity contribution in [2.45, 2.75) is 32.1 Å². The third-order valence-corrected chi connectivity index (χ3v) is 4.72. The minimum atomic E-state index is -0.980. The van der Waals surface area contributed by atoms with Crippen LogP contribution < -0.4 is 0 Å². The average Bonchev–Trinajstić information content (AvgIpc) is 2.16. The third kappa shape index (κ3) is 5.38. The van der Waals surface area contributed by atoms with Crippen molar-refractivity contribution in [3.63, 3.8) is 0 Å². The molecule has 84 valence electrons. The van der Waals surface area contributed by atoms with Gasteiger partial charge in [0.25, 0.3) is 0 Å². The van der Waals surface area contributed by atoms with Gasteiger partial charge in [-0.3, -0.25) is 0 Å². The molecule has 1 aromatic carbocycles. The maximum Gasteiger partial charge on any atom is 0.0445 e. The number of hydrogen-bond donors (Lipinski definition) is 0. The Hall–Kier alpha value is -0.273. The average molecular weight is 241 g/mol. The molecule has 0 aliphatic heterocycles. The number of hydrogen-bond acceptors (Lipinski definition) is 0. The standard InChI is InChI=1S/C13H21ClSi/c1-15(2,3)11-13(10-14)9-12-7-5-4-6-8-12/h4-8,13H,9-11H2,1-3H3. The Morgan fingerprint density at radius 3 is 2.20 bits per heavy atom. The second kappa shape index (κ2) is 5.71. The summed E-state index contributed by atoms with van der Waals surface area (Å²) >= 11 is 6.05. The Labute approximate surface area is 99.7 Å². The van der Waals surface area contributed by atoms with Crippen molar-refractivity contribution in [1.29, 1.82) is 0 Å². The first-order valence-electron chi connectivity index (χ1n) is 5.61. The van der Waals surface area contributed by atoms with Gasteiger partial charge in [0.2, 0.25) is 0 Å². The van der Waals surface area contributed by atoms with E-state index in [1.165, 1.54) is 11.6 Å². The molecule has 0 heterocycles. The van der Waals surface area contributed by atoms with E-state index in [1.54, 1.807) is 0 Å². The van der Waals surface area contributed by atoms with Crippen LogP contribution in [-0.2, 0) is 6.42 Å². The lowest BCUT2D eigenvalue weighted by atomic mass is 10.0. The van der Waals surface area contributed by atoms with Crippen LogP contribution >= 0.6 is 11.6 Å². The van der Waals surface area contributed by atoms with Crippen molar-refractivity contribution in [3.05, 3.63) is 35.9 Å². The van der Waals surface area contributed by atoms with E-state index in [-0.39, 0.29) is 0 Å². The van der Waals surface area contributed by atoms with Crippen molar-refractivity contribution in [2.24, 2.45) is 5.92 Å². The topological polar surface area (TPSA) is 0 Å². The minimum Gasteiger partial charge on any atom is -0.126 e. The van der Waals surface area contributed by atoms with Crippen molar-refractivity contribution in [1.82, 2.24) is 0 Å². The van der Waals surface area contributed by atoms with Crippen molar-refractivity contribution in [2.75, 3.05) is 5.88 Å². The van der Waals surface area contributed by atoms with Gasteiger partial charge in [0.1, 0.15) is 0 Å². The Morgan fingerprint density at radius 2 is 1.73 bits per heavy atom. The first kappa shape index (κ1) is 12.8. The summed E-state index contributed by atoms with van der Waals surface area (Å²) < 4.78 is 0. The molecule has 0 aliphatic carbocycles. The molecule has 0 N–H and O–H groups in total. The molecule has 0 fully saturated rings. The van der Waals surface area contributed by atoms with Crippen LogP contribution in [0.2, 0.25) is 25.7 Å².